The first-order valence-corrected chi connectivity index (χ1v) is 11.5. The van der Waals surface area contributed by atoms with Gasteiger partial charge in [-0.3, -0.25) is 9.69 Å². The van der Waals surface area contributed by atoms with Crippen molar-refractivity contribution in [3.63, 3.8) is 0 Å². The van der Waals surface area contributed by atoms with Gasteiger partial charge in [-0.2, -0.15) is 0 Å². The van der Waals surface area contributed by atoms with Crippen LogP contribution in [0, 0.1) is 5.92 Å². The number of hydrogen-bond donors (Lipinski definition) is 1. The Morgan fingerprint density at radius 3 is 1.81 bits per heavy atom. The van der Waals surface area contributed by atoms with Crippen molar-refractivity contribution in [2.75, 3.05) is 0 Å². The average molecular weight is 424 g/mol. The molecule has 162 valence electrons. The number of aliphatic imine (C=N–C) groups is 1. The molecule has 2 aliphatic rings. The molecule has 2 N–H and O–H groups in total. The number of hydrogen-bond acceptors (Lipinski definition) is 3. The van der Waals surface area contributed by atoms with Crippen molar-refractivity contribution >= 4 is 11.9 Å². The summed E-state index contributed by atoms with van der Waals surface area (Å²) < 4.78 is 0. The number of benzene rings is 3. The van der Waals surface area contributed by atoms with Gasteiger partial charge in [-0.15, -0.1) is 0 Å². The van der Waals surface area contributed by atoms with Gasteiger partial charge in [0, 0.05) is 6.04 Å². The maximum atomic E-state index is 14.0. The number of carbonyl (C=O) groups excluding carboxylic acids is 1. The molecule has 0 unspecified atom stereocenters. The summed E-state index contributed by atoms with van der Waals surface area (Å²) >= 11 is 0. The molecule has 0 bridgehead atoms. The van der Waals surface area contributed by atoms with Crippen LogP contribution in [0.5, 0.6) is 0 Å². The molecule has 0 aromatic heterocycles. The van der Waals surface area contributed by atoms with Gasteiger partial charge in [0.15, 0.2) is 11.5 Å². The Hall–Kier alpha value is -3.40. The van der Waals surface area contributed by atoms with Gasteiger partial charge in [0.2, 0.25) is 0 Å². The lowest BCUT2D eigenvalue weighted by Gasteiger charge is -2.36. The quantitative estimate of drug-likeness (QED) is 0.635. The third-order valence-electron chi connectivity index (χ3n) is 6.99. The molecule has 1 heterocycles. The van der Waals surface area contributed by atoms with Crippen LogP contribution in [0.15, 0.2) is 96.0 Å². The zero-order valence-corrected chi connectivity index (χ0v) is 18.2. The highest BCUT2D eigenvalue weighted by Gasteiger charge is 2.52. The highest BCUT2D eigenvalue weighted by molar-refractivity contribution is 6.09. The van der Waals surface area contributed by atoms with Gasteiger partial charge < -0.3 is 5.73 Å². The summed E-state index contributed by atoms with van der Waals surface area (Å²) in [6, 6.07) is 30.4. The van der Waals surface area contributed by atoms with Crippen LogP contribution in [0.25, 0.3) is 0 Å². The molecule has 4 heteroatoms. The Balaban J connectivity index is 1.39. The minimum absolute atomic E-state index is 0.0288. The van der Waals surface area contributed by atoms with E-state index in [0.717, 1.165) is 43.2 Å². The van der Waals surface area contributed by atoms with Gasteiger partial charge >= 0.3 is 0 Å². The number of nitrogens with zero attached hydrogens (tertiary/aromatic N) is 2. The van der Waals surface area contributed by atoms with E-state index >= 15 is 0 Å². The third kappa shape index (κ3) is 3.60. The molecule has 1 saturated carbocycles. The Morgan fingerprint density at radius 2 is 1.28 bits per heavy atom. The van der Waals surface area contributed by atoms with Crippen LogP contribution in [0.2, 0.25) is 0 Å². The van der Waals surface area contributed by atoms with E-state index in [4.69, 9.17) is 10.7 Å². The summed E-state index contributed by atoms with van der Waals surface area (Å²) in [5, 5.41) is 0. The summed E-state index contributed by atoms with van der Waals surface area (Å²) in [5.41, 5.74) is 8.47. The second-order valence-corrected chi connectivity index (χ2v) is 8.95. The summed E-state index contributed by atoms with van der Waals surface area (Å²) in [4.78, 5) is 20.7. The van der Waals surface area contributed by atoms with Gasteiger partial charge in [-0.25, -0.2) is 4.99 Å². The normalized spacial score (nSPS) is 22.6. The number of rotatable bonds is 5. The fourth-order valence-electron chi connectivity index (χ4n) is 5.36. The first-order valence-electron chi connectivity index (χ1n) is 11.5. The Morgan fingerprint density at radius 1 is 0.781 bits per heavy atom. The fraction of sp³-hybridized carbons (Fsp3) is 0.286. The number of amides is 1. The zero-order chi connectivity index (χ0) is 22.0. The molecule has 0 atom stereocenters. The minimum Gasteiger partial charge on any atom is -0.369 e. The van der Waals surface area contributed by atoms with Crippen molar-refractivity contribution < 1.29 is 4.79 Å². The standard InChI is InChI=1S/C28H29N3O/c29-27-30-28(23-12-6-2-7-13-23,24-14-8-3-9-15-24)26(32)31(27)25-18-16-22(17-19-25)20-21-10-4-1-5-11-21/h1-15,22,25H,16-20H2,(H2,29,30). The van der Waals surface area contributed by atoms with Crippen LogP contribution in [-0.2, 0) is 16.8 Å². The average Bonchev–Trinajstić information content (AvgIpc) is 3.12. The molecular weight excluding hydrogens is 394 g/mol. The molecule has 0 saturated heterocycles. The molecule has 1 amide bonds. The molecule has 0 spiro atoms. The number of carbonyl (C=O) groups is 1. The van der Waals surface area contributed by atoms with Crippen molar-refractivity contribution in [3.05, 3.63) is 108 Å². The lowest BCUT2D eigenvalue weighted by atomic mass is 9.80. The molecule has 1 aliphatic carbocycles. The molecule has 5 rings (SSSR count). The van der Waals surface area contributed by atoms with E-state index in [-0.39, 0.29) is 11.9 Å². The molecule has 3 aromatic carbocycles. The smallest absolute Gasteiger partial charge is 0.266 e. The first kappa shape index (κ1) is 20.5. The lowest BCUT2D eigenvalue weighted by molar-refractivity contribution is -0.132. The maximum absolute atomic E-state index is 14.0. The van der Waals surface area contributed by atoms with Crippen LogP contribution in [0.3, 0.4) is 0 Å². The van der Waals surface area contributed by atoms with Crippen molar-refractivity contribution in [2.45, 2.75) is 43.7 Å². The second-order valence-electron chi connectivity index (χ2n) is 8.95. The van der Waals surface area contributed by atoms with Gasteiger partial charge in [0.25, 0.3) is 5.91 Å². The van der Waals surface area contributed by atoms with E-state index in [0.29, 0.717) is 11.9 Å². The monoisotopic (exact) mass is 423 g/mol. The van der Waals surface area contributed by atoms with Crippen molar-refractivity contribution in [3.8, 4) is 0 Å². The predicted molar refractivity (Wildman–Crippen MR) is 128 cm³/mol. The summed E-state index contributed by atoms with van der Waals surface area (Å²) in [7, 11) is 0. The van der Waals surface area contributed by atoms with Crippen LogP contribution < -0.4 is 5.73 Å². The summed E-state index contributed by atoms with van der Waals surface area (Å²) in [6.07, 6.45) is 5.21. The minimum atomic E-state index is -1.10. The molecular formula is C28H29N3O. The summed E-state index contributed by atoms with van der Waals surface area (Å²) in [5.74, 6) is 0.964. The predicted octanol–water partition coefficient (Wildman–Crippen LogP) is 4.89. The highest BCUT2D eigenvalue weighted by Crippen LogP contribution is 2.42. The molecule has 1 fully saturated rings. The van der Waals surface area contributed by atoms with Crippen LogP contribution in [0.4, 0.5) is 0 Å². The molecule has 0 radical (unpaired) electrons. The number of guanidine groups is 1. The van der Waals surface area contributed by atoms with Crippen LogP contribution in [-0.4, -0.2) is 22.8 Å². The third-order valence-corrected chi connectivity index (χ3v) is 6.99. The van der Waals surface area contributed by atoms with Crippen molar-refractivity contribution in [1.82, 2.24) is 4.90 Å². The first-order chi connectivity index (χ1) is 15.7. The van der Waals surface area contributed by atoms with E-state index < -0.39 is 5.54 Å². The van der Waals surface area contributed by atoms with Gasteiger partial charge in [-0.1, -0.05) is 91.0 Å². The highest BCUT2D eigenvalue weighted by atomic mass is 16.2. The number of nitrogens with two attached hydrogens (primary N) is 1. The largest absolute Gasteiger partial charge is 0.369 e. The molecule has 32 heavy (non-hydrogen) atoms. The Kier molecular flexibility index (Phi) is 5.52. The van der Waals surface area contributed by atoms with E-state index in [1.165, 1.54) is 5.56 Å². The van der Waals surface area contributed by atoms with Gasteiger partial charge in [0.1, 0.15) is 0 Å². The second kappa shape index (κ2) is 8.62. The maximum Gasteiger partial charge on any atom is 0.266 e. The van der Waals surface area contributed by atoms with E-state index in [1.54, 1.807) is 4.90 Å². The zero-order valence-electron chi connectivity index (χ0n) is 18.2. The molecule has 3 aromatic rings. The van der Waals surface area contributed by atoms with Crippen molar-refractivity contribution in [1.29, 1.82) is 0 Å². The van der Waals surface area contributed by atoms with E-state index in [1.807, 2.05) is 60.7 Å². The van der Waals surface area contributed by atoms with Crippen LogP contribution >= 0.6 is 0 Å². The van der Waals surface area contributed by atoms with E-state index in [9.17, 15) is 4.79 Å². The SMILES string of the molecule is NC1=NC(c2ccccc2)(c2ccccc2)C(=O)N1C1CCC(Cc2ccccc2)CC1. The summed E-state index contributed by atoms with van der Waals surface area (Å²) in [6.45, 7) is 0. The molecule has 4 nitrogen and oxygen atoms in total. The Labute approximate surface area is 189 Å². The van der Waals surface area contributed by atoms with Crippen LogP contribution in [0.1, 0.15) is 42.4 Å². The van der Waals surface area contributed by atoms with Gasteiger partial charge in [-0.05, 0) is 54.7 Å². The van der Waals surface area contributed by atoms with Gasteiger partial charge in [0.05, 0.1) is 0 Å². The lowest BCUT2D eigenvalue weighted by Crippen LogP contribution is -2.50. The Bertz CT molecular complexity index is 1050. The van der Waals surface area contributed by atoms with E-state index in [2.05, 4.69) is 30.3 Å². The fourth-order valence-corrected chi connectivity index (χ4v) is 5.36. The topological polar surface area (TPSA) is 58.7 Å². The molecule has 1 aliphatic heterocycles. The van der Waals surface area contributed by atoms with Crippen molar-refractivity contribution in [2.24, 2.45) is 16.6 Å².